The molecule has 2 aromatic carbocycles. The zero-order valence-corrected chi connectivity index (χ0v) is 10.6. The number of aryl methyl sites for hydroxylation is 2. The first-order valence-corrected chi connectivity index (χ1v) is 6.24. The van der Waals surface area contributed by atoms with Crippen LogP contribution in [-0.2, 0) is 6.42 Å². The highest BCUT2D eigenvalue weighted by molar-refractivity contribution is 5.39. The second-order valence-electron chi connectivity index (χ2n) is 4.71. The second-order valence-corrected chi connectivity index (χ2v) is 4.71. The van der Waals surface area contributed by atoms with Crippen LogP contribution in [0.25, 0.3) is 0 Å². The monoisotopic (exact) mass is 241 g/mol. The molecule has 0 unspecified atom stereocenters. The highest BCUT2D eigenvalue weighted by Gasteiger charge is 2.07. The van der Waals surface area contributed by atoms with Crippen molar-refractivity contribution in [2.24, 2.45) is 0 Å². The first-order valence-electron chi connectivity index (χ1n) is 6.24. The van der Waals surface area contributed by atoms with Gasteiger partial charge in [-0.3, -0.25) is 0 Å². The molecule has 2 aromatic rings. The number of rotatable bonds is 4. The summed E-state index contributed by atoms with van der Waals surface area (Å²) in [7, 11) is 0. The fourth-order valence-electron chi connectivity index (χ4n) is 1.94. The summed E-state index contributed by atoms with van der Waals surface area (Å²) >= 11 is 0. The molecule has 2 nitrogen and oxygen atoms in total. The van der Waals surface area contributed by atoms with Crippen molar-refractivity contribution >= 4 is 5.69 Å². The van der Waals surface area contributed by atoms with Crippen LogP contribution in [0.15, 0.2) is 48.5 Å². The average Bonchev–Trinajstić information content (AvgIpc) is 2.38. The number of nitrogens with two attached hydrogens (primary N) is 1. The summed E-state index contributed by atoms with van der Waals surface area (Å²) in [6.07, 6.45) is 1.19. The van der Waals surface area contributed by atoms with Gasteiger partial charge in [-0.2, -0.15) is 0 Å². The maximum absolute atomic E-state index is 10.1. The van der Waals surface area contributed by atoms with Gasteiger partial charge < -0.3 is 10.8 Å². The van der Waals surface area contributed by atoms with E-state index in [2.05, 4.69) is 0 Å². The predicted octanol–water partition coefficient (Wildman–Crippen LogP) is 3.24. The maximum Gasteiger partial charge on any atom is 0.0793 e. The maximum atomic E-state index is 10.1. The van der Waals surface area contributed by atoms with Gasteiger partial charge in [0.1, 0.15) is 0 Å². The van der Waals surface area contributed by atoms with Crippen molar-refractivity contribution < 1.29 is 5.11 Å². The zero-order chi connectivity index (χ0) is 13.0. The van der Waals surface area contributed by atoms with Crippen LogP contribution in [-0.4, -0.2) is 5.11 Å². The van der Waals surface area contributed by atoms with Crippen molar-refractivity contribution in [1.82, 2.24) is 0 Å². The first kappa shape index (κ1) is 12.7. The topological polar surface area (TPSA) is 46.2 Å². The van der Waals surface area contributed by atoms with Gasteiger partial charge in [-0.05, 0) is 43.0 Å². The molecule has 0 spiro atoms. The molecule has 18 heavy (non-hydrogen) atoms. The van der Waals surface area contributed by atoms with Crippen molar-refractivity contribution in [2.45, 2.75) is 25.9 Å². The summed E-state index contributed by atoms with van der Waals surface area (Å²) in [5, 5.41) is 10.1. The van der Waals surface area contributed by atoms with Gasteiger partial charge in [0.25, 0.3) is 0 Å². The minimum absolute atomic E-state index is 0.400. The number of nitrogen functional groups attached to an aromatic ring is 1. The van der Waals surface area contributed by atoms with Crippen LogP contribution in [0.2, 0.25) is 0 Å². The lowest BCUT2D eigenvalue weighted by Gasteiger charge is -2.11. The van der Waals surface area contributed by atoms with Crippen LogP contribution in [0, 0.1) is 6.92 Å². The van der Waals surface area contributed by atoms with E-state index in [1.165, 1.54) is 11.1 Å². The van der Waals surface area contributed by atoms with Crippen molar-refractivity contribution in [2.75, 3.05) is 5.73 Å². The Kier molecular flexibility index (Phi) is 4.00. The van der Waals surface area contributed by atoms with E-state index in [-0.39, 0.29) is 0 Å². The average molecular weight is 241 g/mol. The molecule has 1 atom stereocenters. The third kappa shape index (κ3) is 3.34. The molecule has 0 aromatic heterocycles. The second kappa shape index (κ2) is 5.69. The summed E-state index contributed by atoms with van der Waals surface area (Å²) in [5.41, 5.74) is 9.81. The Morgan fingerprint density at radius 3 is 2.22 bits per heavy atom. The first-order chi connectivity index (χ1) is 8.65. The standard InChI is InChI=1S/C16H19NO/c1-12-2-7-14(8-3-12)16(18)11-6-13-4-9-15(17)10-5-13/h2-5,7-10,16,18H,6,11,17H2,1H3/t16-/m0/s1. The fraction of sp³-hybridized carbons (Fsp3) is 0.250. The Morgan fingerprint density at radius 1 is 1.00 bits per heavy atom. The van der Waals surface area contributed by atoms with Crippen molar-refractivity contribution in [3.05, 3.63) is 65.2 Å². The SMILES string of the molecule is Cc1ccc([C@@H](O)CCc2ccc(N)cc2)cc1. The highest BCUT2D eigenvalue weighted by atomic mass is 16.3. The molecule has 0 heterocycles. The summed E-state index contributed by atoms with van der Waals surface area (Å²) in [6.45, 7) is 2.05. The lowest BCUT2D eigenvalue weighted by atomic mass is 10.0. The Balaban J connectivity index is 1.93. The number of aliphatic hydroxyl groups excluding tert-OH is 1. The molecule has 0 fully saturated rings. The number of anilines is 1. The number of hydrogen-bond donors (Lipinski definition) is 2. The third-order valence-corrected chi connectivity index (χ3v) is 3.15. The zero-order valence-electron chi connectivity index (χ0n) is 10.6. The van der Waals surface area contributed by atoms with Crippen LogP contribution in [0.5, 0.6) is 0 Å². The van der Waals surface area contributed by atoms with Gasteiger partial charge in [0.05, 0.1) is 6.10 Å². The van der Waals surface area contributed by atoms with E-state index in [0.717, 1.165) is 24.1 Å². The van der Waals surface area contributed by atoms with E-state index in [0.29, 0.717) is 0 Å². The largest absolute Gasteiger partial charge is 0.399 e. The molecule has 2 heteroatoms. The smallest absolute Gasteiger partial charge is 0.0793 e. The van der Waals surface area contributed by atoms with Crippen molar-refractivity contribution in [3.8, 4) is 0 Å². The molecule has 0 aliphatic carbocycles. The Morgan fingerprint density at radius 2 is 1.61 bits per heavy atom. The lowest BCUT2D eigenvalue weighted by molar-refractivity contribution is 0.168. The van der Waals surface area contributed by atoms with Crippen molar-refractivity contribution in [1.29, 1.82) is 0 Å². The molecule has 2 rings (SSSR count). The Hall–Kier alpha value is -1.80. The minimum Gasteiger partial charge on any atom is -0.399 e. The summed E-state index contributed by atoms with van der Waals surface area (Å²) in [5.74, 6) is 0. The number of benzene rings is 2. The molecule has 0 radical (unpaired) electrons. The molecule has 0 aliphatic heterocycles. The van der Waals surface area contributed by atoms with Gasteiger partial charge >= 0.3 is 0 Å². The van der Waals surface area contributed by atoms with E-state index < -0.39 is 6.10 Å². The number of aliphatic hydroxyl groups is 1. The van der Waals surface area contributed by atoms with Gasteiger partial charge in [0, 0.05) is 5.69 Å². The predicted molar refractivity (Wildman–Crippen MR) is 75.3 cm³/mol. The summed E-state index contributed by atoms with van der Waals surface area (Å²) < 4.78 is 0. The molecule has 0 saturated heterocycles. The van der Waals surface area contributed by atoms with E-state index in [9.17, 15) is 5.11 Å². The lowest BCUT2D eigenvalue weighted by Crippen LogP contribution is -1.99. The quantitative estimate of drug-likeness (QED) is 0.807. The fourth-order valence-corrected chi connectivity index (χ4v) is 1.94. The Bertz CT molecular complexity index is 488. The van der Waals surface area contributed by atoms with Crippen LogP contribution < -0.4 is 5.73 Å². The van der Waals surface area contributed by atoms with E-state index >= 15 is 0 Å². The van der Waals surface area contributed by atoms with Crippen molar-refractivity contribution in [3.63, 3.8) is 0 Å². The summed E-state index contributed by atoms with van der Waals surface area (Å²) in [6, 6.07) is 15.9. The van der Waals surface area contributed by atoms with Crippen LogP contribution in [0.4, 0.5) is 5.69 Å². The van der Waals surface area contributed by atoms with Crippen LogP contribution in [0.1, 0.15) is 29.2 Å². The number of hydrogen-bond acceptors (Lipinski definition) is 2. The van der Waals surface area contributed by atoms with E-state index in [1.807, 2.05) is 55.5 Å². The molecule has 3 N–H and O–H groups in total. The molecule has 0 amide bonds. The highest BCUT2D eigenvalue weighted by Crippen LogP contribution is 2.19. The van der Waals surface area contributed by atoms with E-state index in [4.69, 9.17) is 5.73 Å². The van der Waals surface area contributed by atoms with E-state index in [1.54, 1.807) is 0 Å². The van der Waals surface area contributed by atoms with Gasteiger partial charge in [-0.25, -0.2) is 0 Å². The molecule has 94 valence electrons. The molecule has 0 aliphatic rings. The molecule has 0 saturated carbocycles. The third-order valence-electron chi connectivity index (χ3n) is 3.15. The molecular formula is C16H19NO. The van der Waals surface area contributed by atoms with Gasteiger partial charge in [0.2, 0.25) is 0 Å². The molecular weight excluding hydrogens is 222 g/mol. The van der Waals surface area contributed by atoms with Gasteiger partial charge in [-0.1, -0.05) is 42.0 Å². The summed E-state index contributed by atoms with van der Waals surface area (Å²) in [4.78, 5) is 0. The minimum atomic E-state index is -0.400. The Labute approximate surface area is 108 Å². The van der Waals surface area contributed by atoms with Crippen LogP contribution >= 0.6 is 0 Å². The molecule has 0 bridgehead atoms. The van der Waals surface area contributed by atoms with Gasteiger partial charge in [-0.15, -0.1) is 0 Å². The van der Waals surface area contributed by atoms with Crippen LogP contribution in [0.3, 0.4) is 0 Å². The van der Waals surface area contributed by atoms with Gasteiger partial charge in [0.15, 0.2) is 0 Å². The normalized spacial score (nSPS) is 12.3.